The molecule has 2 rings (SSSR count). The fourth-order valence-electron chi connectivity index (χ4n) is 2.81. The van der Waals surface area contributed by atoms with E-state index < -0.39 is 0 Å². The number of rotatable bonds is 4. The maximum Gasteiger partial charge on any atom is 0.116 e. The minimum atomic E-state index is 0.399. The molecule has 0 saturated heterocycles. The van der Waals surface area contributed by atoms with E-state index in [2.05, 4.69) is 45.8 Å². The lowest BCUT2D eigenvalue weighted by Crippen LogP contribution is -1.93. The lowest BCUT2D eigenvalue weighted by molar-refractivity contribution is 0.446. The Labute approximate surface area is 110 Å². The van der Waals surface area contributed by atoms with Gasteiger partial charge < -0.3 is 4.42 Å². The molecule has 0 radical (unpaired) electrons. The summed E-state index contributed by atoms with van der Waals surface area (Å²) in [7, 11) is 0. The van der Waals surface area contributed by atoms with E-state index in [-0.39, 0.29) is 0 Å². The standard InChI is InChI=1S/C17H22O/c1-6-7-13-8-9-14(18-13)11-16-15(10-12(2)3)17(16,4)5/h1,8-10,15-16H,7,11H2,2-5H3/t15-,16-/m1/s1. The van der Waals surface area contributed by atoms with Crippen molar-refractivity contribution in [3.05, 3.63) is 35.3 Å². The molecule has 0 N–H and O–H groups in total. The van der Waals surface area contributed by atoms with Crippen LogP contribution in [0, 0.1) is 29.6 Å². The second-order valence-electron chi connectivity index (χ2n) is 6.15. The first-order valence-electron chi connectivity index (χ1n) is 6.61. The Bertz CT molecular complexity index is 492. The second-order valence-corrected chi connectivity index (χ2v) is 6.15. The maximum atomic E-state index is 5.76. The van der Waals surface area contributed by atoms with Gasteiger partial charge in [-0.3, -0.25) is 0 Å². The van der Waals surface area contributed by atoms with Gasteiger partial charge in [0.05, 0.1) is 6.42 Å². The molecule has 1 aromatic heterocycles. The SMILES string of the molecule is C#CCc1ccc(C[C@@H]2[C@@H](C=C(C)C)C2(C)C)o1. The molecule has 1 nitrogen and oxygen atoms in total. The van der Waals surface area contributed by atoms with Gasteiger partial charge in [-0.2, -0.15) is 0 Å². The topological polar surface area (TPSA) is 13.1 Å². The summed E-state index contributed by atoms with van der Waals surface area (Å²) in [5.41, 5.74) is 1.80. The highest BCUT2D eigenvalue weighted by atomic mass is 16.3. The third kappa shape index (κ3) is 2.53. The molecule has 0 aromatic carbocycles. The zero-order chi connectivity index (χ0) is 13.3. The van der Waals surface area contributed by atoms with Crippen LogP contribution in [0.25, 0.3) is 0 Å². The normalized spacial score (nSPS) is 24.4. The van der Waals surface area contributed by atoms with Crippen molar-refractivity contribution in [2.75, 3.05) is 0 Å². The first-order valence-corrected chi connectivity index (χ1v) is 6.61. The number of terminal acetylenes is 1. The average Bonchev–Trinajstić information content (AvgIpc) is 2.66. The van der Waals surface area contributed by atoms with Crippen molar-refractivity contribution in [3.8, 4) is 12.3 Å². The van der Waals surface area contributed by atoms with Crippen LogP contribution in [0.4, 0.5) is 0 Å². The number of hydrogen-bond acceptors (Lipinski definition) is 1. The largest absolute Gasteiger partial charge is 0.465 e. The van der Waals surface area contributed by atoms with Gasteiger partial charge in [0.1, 0.15) is 11.5 Å². The number of furan rings is 1. The Morgan fingerprint density at radius 1 is 1.39 bits per heavy atom. The van der Waals surface area contributed by atoms with E-state index in [0.29, 0.717) is 23.7 Å². The van der Waals surface area contributed by atoms with Crippen molar-refractivity contribution in [3.63, 3.8) is 0 Å². The highest BCUT2D eigenvalue weighted by Gasteiger charge is 2.55. The van der Waals surface area contributed by atoms with Crippen LogP contribution in [-0.4, -0.2) is 0 Å². The van der Waals surface area contributed by atoms with Crippen molar-refractivity contribution < 1.29 is 4.42 Å². The molecule has 0 unspecified atom stereocenters. The molecule has 1 saturated carbocycles. The van der Waals surface area contributed by atoms with Gasteiger partial charge in [-0.15, -0.1) is 6.42 Å². The lowest BCUT2D eigenvalue weighted by atomic mass is 10.1. The molecule has 1 aliphatic rings. The molecule has 1 heterocycles. The van der Waals surface area contributed by atoms with E-state index >= 15 is 0 Å². The minimum absolute atomic E-state index is 0.399. The number of hydrogen-bond donors (Lipinski definition) is 0. The first kappa shape index (κ1) is 13.0. The molecule has 1 heteroatoms. The average molecular weight is 242 g/mol. The molecule has 0 bridgehead atoms. The molecule has 0 amide bonds. The fraction of sp³-hybridized carbons (Fsp3) is 0.529. The van der Waals surface area contributed by atoms with E-state index in [1.165, 1.54) is 5.57 Å². The molecule has 2 atom stereocenters. The smallest absolute Gasteiger partial charge is 0.116 e. The second kappa shape index (κ2) is 4.69. The summed E-state index contributed by atoms with van der Waals surface area (Å²) in [4.78, 5) is 0. The van der Waals surface area contributed by atoms with Crippen LogP contribution >= 0.6 is 0 Å². The third-order valence-electron chi connectivity index (χ3n) is 4.07. The highest BCUT2D eigenvalue weighted by Crippen LogP contribution is 2.60. The van der Waals surface area contributed by atoms with Crippen LogP contribution in [0.2, 0.25) is 0 Å². The van der Waals surface area contributed by atoms with Crippen LogP contribution in [0.5, 0.6) is 0 Å². The summed E-state index contributed by atoms with van der Waals surface area (Å²) in [5, 5.41) is 0. The van der Waals surface area contributed by atoms with Gasteiger partial charge in [0.15, 0.2) is 0 Å². The Hall–Kier alpha value is -1.42. The van der Waals surface area contributed by atoms with Gasteiger partial charge in [-0.25, -0.2) is 0 Å². The summed E-state index contributed by atoms with van der Waals surface area (Å²) in [6.07, 6.45) is 9.29. The van der Waals surface area contributed by atoms with Gasteiger partial charge in [0.25, 0.3) is 0 Å². The lowest BCUT2D eigenvalue weighted by Gasteiger charge is -2.00. The molecule has 1 aliphatic carbocycles. The van der Waals surface area contributed by atoms with Crippen LogP contribution in [0.15, 0.2) is 28.2 Å². The Balaban J connectivity index is 2.02. The maximum absolute atomic E-state index is 5.76. The van der Waals surface area contributed by atoms with Crippen molar-refractivity contribution in [1.29, 1.82) is 0 Å². The first-order chi connectivity index (χ1) is 8.45. The molecular formula is C17H22O. The summed E-state index contributed by atoms with van der Waals surface area (Å²) < 4.78 is 5.76. The number of allylic oxidation sites excluding steroid dienone is 2. The van der Waals surface area contributed by atoms with Crippen LogP contribution in [0.3, 0.4) is 0 Å². The zero-order valence-electron chi connectivity index (χ0n) is 11.8. The summed E-state index contributed by atoms with van der Waals surface area (Å²) in [6.45, 7) is 9.02. The highest BCUT2D eigenvalue weighted by molar-refractivity contribution is 5.21. The molecular weight excluding hydrogens is 220 g/mol. The van der Waals surface area contributed by atoms with Gasteiger partial charge in [0.2, 0.25) is 0 Å². The van der Waals surface area contributed by atoms with Crippen molar-refractivity contribution in [1.82, 2.24) is 0 Å². The Morgan fingerprint density at radius 3 is 2.67 bits per heavy atom. The quantitative estimate of drug-likeness (QED) is 0.568. The van der Waals surface area contributed by atoms with Crippen LogP contribution in [-0.2, 0) is 12.8 Å². The molecule has 1 aromatic rings. The Kier molecular flexibility index (Phi) is 3.39. The van der Waals surface area contributed by atoms with E-state index in [4.69, 9.17) is 10.8 Å². The predicted molar refractivity (Wildman–Crippen MR) is 75.1 cm³/mol. The van der Waals surface area contributed by atoms with Gasteiger partial charge in [-0.1, -0.05) is 31.4 Å². The van der Waals surface area contributed by atoms with E-state index in [1.54, 1.807) is 0 Å². The van der Waals surface area contributed by atoms with Gasteiger partial charge in [0, 0.05) is 6.42 Å². The van der Waals surface area contributed by atoms with E-state index in [1.807, 2.05) is 6.07 Å². The van der Waals surface area contributed by atoms with Gasteiger partial charge in [-0.05, 0) is 43.2 Å². The van der Waals surface area contributed by atoms with Crippen molar-refractivity contribution >= 4 is 0 Å². The molecule has 18 heavy (non-hydrogen) atoms. The molecule has 1 fully saturated rings. The van der Waals surface area contributed by atoms with E-state index in [9.17, 15) is 0 Å². The Morgan fingerprint density at radius 2 is 2.06 bits per heavy atom. The predicted octanol–water partition coefficient (Wildman–Crippen LogP) is 4.24. The van der Waals surface area contributed by atoms with Crippen LogP contribution < -0.4 is 0 Å². The monoisotopic (exact) mass is 242 g/mol. The summed E-state index contributed by atoms with van der Waals surface area (Å²) in [6, 6.07) is 4.07. The van der Waals surface area contributed by atoms with Crippen molar-refractivity contribution in [2.45, 2.75) is 40.5 Å². The summed E-state index contributed by atoms with van der Waals surface area (Å²) >= 11 is 0. The van der Waals surface area contributed by atoms with Crippen LogP contribution in [0.1, 0.15) is 39.2 Å². The fourth-order valence-corrected chi connectivity index (χ4v) is 2.81. The van der Waals surface area contributed by atoms with Crippen molar-refractivity contribution in [2.24, 2.45) is 17.3 Å². The zero-order valence-corrected chi connectivity index (χ0v) is 11.8. The third-order valence-corrected chi connectivity index (χ3v) is 4.07. The molecule has 0 spiro atoms. The van der Waals surface area contributed by atoms with Gasteiger partial charge >= 0.3 is 0 Å². The van der Waals surface area contributed by atoms with E-state index in [0.717, 1.165) is 17.9 Å². The minimum Gasteiger partial charge on any atom is -0.465 e. The molecule has 0 aliphatic heterocycles. The molecule has 96 valence electrons. The summed E-state index contributed by atoms with van der Waals surface area (Å²) in [5.74, 6) is 5.97.